The average molecular weight is 600 g/mol. The number of amides is 3. The molecule has 5 atom stereocenters. The number of H-pyrrole nitrogens is 1. The molecule has 3 rings (SSSR count). The lowest BCUT2D eigenvalue weighted by atomic mass is 10.0. The number of phenolic OH excluding ortho intramolecular Hbond substituents is 1. The Balaban J connectivity index is 1.68. The van der Waals surface area contributed by atoms with Gasteiger partial charge in [-0.15, -0.1) is 0 Å². The van der Waals surface area contributed by atoms with E-state index in [0.29, 0.717) is 16.9 Å². The number of carboxylic acids is 1. The second-order valence-corrected chi connectivity index (χ2v) is 11.0. The largest absolute Gasteiger partial charge is 0.508 e. The Morgan fingerprint density at radius 2 is 1.60 bits per heavy atom. The van der Waals surface area contributed by atoms with Crippen LogP contribution in [0.1, 0.15) is 24.5 Å². The van der Waals surface area contributed by atoms with Gasteiger partial charge >= 0.3 is 5.97 Å². The number of carboxylic acid groups (broad SMARTS) is 1. The van der Waals surface area contributed by atoms with Gasteiger partial charge in [0.05, 0.1) is 12.1 Å². The zero-order valence-electron chi connectivity index (χ0n) is 23.4. The number of nitrogens with one attached hydrogen (secondary N) is 4. The Morgan fingerprint density at radius 3 is 2.24 bits per heavy atom. The predicted octanol–water partition coefficient (Wildman–Crippen LogP) is 0.659. The third-order valence-electron chi connectivity index (χ3n) is 6.75. The molecule has 0 aliphatic heterocycles. The maximum absolute atomic E-state index is 13.2. The summed E-state index contributed by atoms with van der Waals surface area (Å²) in [5, 5.41) is 37.9. The van der Waals surface area contributed by atoms with Gasteiger partial charge in [-0.05, 0) is 61.1 Å². The van der Waals surface area contributed by atoms with E-state index in [1.807, 2.05) is 30.5 Å². The van der Waals surface area contributed by atoms with Crippen LogP contribution in [0.2, 0.25) is 0 Å². The number of aliphatic hydroxyl groups is 1. The molecule has 9 N–H and O–H groups in total. The fourth-order valence-corrected chi connectivity index (χ4v) is 4.87. The third-order valence-corrected chi connectivity index (χ3v) is 7.39. The molecule has 0 bridgehead atoms. The topological polar surface area (TPSA) is 207 Å². The Bertz CT molecular complexity index is 1380. The molecule has 0 saturated carbocycles. The number of aliphatic hydroxyl groups excluding tert-OH is 1. The van der Waals surface area contributed by atoms with Crippen molar-refractivity contribution < 1.29 is 34.5 Å². The molecule has 2 aromatic carbocycles. The summed E-state index contributed by atoms with van der Waals surface area (Å²) in [7, 11) is 0. The van der Waals surface area contributed by atoms with Gasteiger partial charge in [0, 0.05) is 23.5 Å². The third kappa shape index (κ3) is 8.96. The number of aromatic nitrogens is 1. The highest BCUT2D eigenvalue weighted by Crippen LogP contribution is 2.19. The van der Waals surface area contributed by atoms with Crippen LogP contribution in [0, 0.1) is 0 Å². The van der Waals surface area contributed by atoms with E-state index >= 15 is 0 Å². The molecule has 12 nitrogen and oxygen atoms in total. The van der Waals surface area contributed by atoms with Crippen LogP contribution in [0.15, 0.2) is 54.7 Å². The van der Waals surface area contributed by atoms with Crippen LogP contribution < -0.4 is 21.7 Å². The van der Waals surface area contributed by atoms with E-state index in [0.717, 1.165) is 10.9 Å². The van der Waals surface area contributed by atoms with E-state index in [1.165, 1.54) is 30.8 Å². The summed E-state index contributed by atoms with van der Waals surface area (Å²) < 4.78 is 0. The lowest BCUT2D eigenvalue weighted by Gasteiger charge is -2.26. The normalized spacial score (nSPS) is 14.8. The minimum atomic E-state index is -1.42. The molecular formula is C29H37N5O7S. The lowest BCUT2D eigenvalue weighted by molar-refractivity contribution is -0.142. The second-order valence-electron chi connectivity index (χ2n) is 10.0. The maximum atomic E-state index is 13.2. The van der Waals surface area contributed by atoms with Crippen LogP contribution in [0.4, 0.5) is 0 Å². The number of thioether (sulfide) groups is 1. The van der Waals surface area contributed by atoms with E-state index in [-0.39, 0.29) is 25.0 Å². The fraction of sp³-hybridized carbons (Fsp3) is 0.379. The van der Waals surface area contributed by atoms with Crippen molar-refractivity contribution in [3.05, 3.63) is 65.9 Å². The Labute approximate surface area is 247 Å². The van der Waals surface area contributed by atoms with Crippen LogP contribution in [0.25, 0.3) is 10.9 Å². The fourth-order valence-electron chi connectivity index (χ4n) is 4.40. The average Bonchev–Trinajstić information content (AvgIpc) is 3.36. The van der Waals surface area contributed by atoms with Gasteiger partial charge in [0.25, 0.3) is 0 Å². The van der Waals surface area contributed by atoms with Gasteiger partial charge in [-0.2, -0.15) is 11.8 Å². The first-order valence-corrected chi connectivity index (χ1v) is 14.8. The molecule has 1 aromatic heterocycles. The summed E-state index contributed by atoms with van der Waals surface area (Å²) >= 11 is 1.43. The Hall–Kier alpha value is -4.07. The quantitative estimate of drug-likeness (QED) is 0.123. The summed E-state index contributed by atoms with van der Waals surface area (Å²) in [5.41, 5.74) is 8.24. The molecule has 1 heterocycles. The van der Waals surface area contributed by atoms with Crippen LogP contribution >= 0.6 is 11.8 Å². The van der Waals surface area contributed by atoms with E-state index < -0.39 is 54.0 Å². The van der Waals surface area contributed by atoms with Crippen molar-refractivity contribution in [2.45, 2.75) is 56.5 Å². The highest BCUT2D eigenvalue weighted by atomic mass is 32.2. The Kier molecular flexibility index (Phi) is 11.8. The highest BCUT2D eigenvalue weighted by molar-refractivity contribution is 7.98. The van der Waals surface area contributed by atoms with Gasteiger partial charge in [-0.3, -0.25) is 14.4 Å². The number of para-hydroxylation sites is 1. The number of aromatic amines is 1. The van der Waals surface area contributed by atoms with Crippen molar-refractivity contribution >= 4 is 46.4 Å². The van der Waals surface area contributed by atoms with Gasteiger partial charge in [-0.25, -0.2) is 4.79 Å². The molecule has 0 spiro atoms. The van der Waals surface area contributed by atoms with Crippen molar-refractivity contribution in [1.82, 2.24) is 20.9 Å². The summed E-state index contributed by atoms with van der Waals surface area (Å²) in [6, 6.07) is 8.66. The monoisotopic (exact) mass is 599 g/mol. The molecular weight excluding hydrogens is 562 g/mol. The molecule has 0 fully saturated rings. The lowest BCUT2D eigenvalue weighted by Crippen LogP contribution is -2.60. The molecule has 0 aliphatic rings. The number of hydrogen-bond donors (Lipinski definition) is 8. The molecule has 13 heteroatoms. The first kappa shape index (κ1) is 32.4. The minimum absolute atomic E-state index is 0.0134. The van der Waals surface area contributed by atoms with E-state index in [4.69, 9.17) is 5.73 Å². The first-order valence-electron chi connectivity index (χ1n) is 13.4. The minimum Gasteiger partial charge on any atom is -0.508 e. The first-order chi connectivity index (χ1) is 20.0. The molecule has 3 amide bonds. The number of nitrogens with two attached hydrogens (primary N) is 1. The number of aromatic hydroxyl groups is 1. The van der Waals surface area contributed by atoms with Gasteiger partial charge in [-0.1, -0.05) is 30.3 Å². The number of fused-ring (bicyclic) bond motifs is 1. The highest BCUT2D eigenvalue weighted by Gasteiger charge is 2.32. The molecule has 3 aromatic rings. The number of benzene rings is 2. The molecule has 0 radical (unpaired) electrons. The number of carbonyl (C=O) groups is 4. The van der Waals surface area contributed by atoms with Crippen molar-refractivity contribution in [2.75, 3.05) is 12.0 Å². The number of rotatable bonds is 15. The summed E-state index contributed by atoms with van der Waals surface area (Å²) in [4.78, 5) is 54.3. The summed E-state index contributed by atoms with van der Waals surface area (Å²) in [6.07, 6.45) is 2.50. The molecule has 226 valence electrons. The van der Waals surface area contributed by atoms with Gasteiger partial charge in [0.1, 0.15) is 23.9 Å². The molecule has 42 heavy (non-hydrogen) atoms. The maximum Gasteiger partial charge on any atom is 0.326 e. The van der Waals surface area contributed by atoms with Gasteiger partial charge < -0.3 is 42.0 Å². The second kappa shape index (κ2) is 15.2. The summed E-state index contributed by atoms with van der Waals surface area (Å²) in [5.74, 6) is -2.92. The van der Waals surface area contributed by atoms with Crippen LogP contribution in [0.5, 0.6) is 5.75 Å². The number of phenols is 1. The van der Waals surface area contributed by atoms with Gasteiger partial charge in [0.2, 0.25) is 17.7 Å². The number of carbonyl (C=O) groups excluding carboxylic acids is 3. The van der Waals surface area contributed by atoms with Crippen molar-refractivity contribution in [3.63, 3.8) is 0 Å². The van der Waals surface area contributed by atoms with Crippen LogP contribution in [-0.2, 0) is 32.0 Å². The SMILES string of the molecule is CSCCC(NC(=O)C(NC(=O)C(N)Cc1ccc(O)cc1)C(C)O)C(=O)NC(Cc1c[nH]c2ccccc12)C(=O)O. The van der Waals surface area contributed by atoms with Crippen molar-refractivity contribution in [2.24, 2.45) is 5.73 Å². The smallest absolute Gasteiger partial charge is 0.326 e. The molecule has 5 unspecified atom stereocenters. The zero-order chi connectivity index (χ0) is 30.8. The molecule has 0 saturated heterocycles. The van der Waals surface area contributed by atoms with Crippen LogP contribution in [-0.4, -0.2) is 86.3 Å². The van der Waals surface area contributed by atoms with Crippen LogP contribution in [0.3, 0.4) is 0 Å². The Morgan fingerprint density at radius 1 is 0.929 bits per heavy atom. The summed E-state index contributed by atoms with van der Waals surface area (Å²) in [6.45, 7) is 1.31. The van der Waals surface area contributed by atoms with Gasteiger partial charge in [0.15, 0.2) is 0 Å². The van der Waals surface area contributed by atoms with E-state index in [9.17, 15) is 34.5 Å². The van der Waals surface area contributed by atoms with Crippen molar-refractivity contribution in [3.8, 4) is 5.75 Å². The number of aliphatic carboxylic acids is 1. The molecule has 0 aliphatic carbocycles. The van der Waals surface area contributed by atoms with E-state index in [2.05, 4.69) is 20.9 Å². The zero-order valence-corrected chi connectivity index (χ0v) is 24.2. The van der Waals surface area contributed by atoms with E-state index in [1.54, 1.807) is 18.3 Å². The predicted molar refractivity (Wildman–Crippen MR) is 160 cm³/mol. The number of hydrogen-bond acceptors (Lipinski definition) is 8. The van der Waals surface area contributed by atoms with Crippen molar-refractivity contribution in [1.29, 1.82) is 0 Å². The standard InChI is InChI=1S/C29H37N5O7S/c1-16(35)25(34-26(37)21(30)13-17-7-9-19(36)10-8-17)28(39)32-23(11-12-42-2)27(38)33-24(29(40)41)14-18-15-31-22-6-4-3-5-20(18)22/h3-10,15-16,21,23-25,31,35-36H,11-14,30H2,1-2H3,(H,32,39)(H,33,38)(H,34,37)(H,40,41).